The zero-order valence-electron chi connectivity index (χ0n) is 14.7. The van der Waals surface area contributed by atoms with E-state index in [0.717, 1.165) is 0 Å². The number of carbonyl (C=O) groups is 1. The molecule has 2 aromatic rings. The largest absolute Gasteiger partial charge is 0.363 e. The van der Waals surface area contributed by atoms with Crippen molar-refractivity contribution in [3.05, 3.63) is 62.4 Å². The molecule has 1 heterocycles. The third-order valence-corrected chi connectivity index (χ3v) is 4.94. The molecular formula is C18H17Cl2FN4O3. The Hall–Kier alpha value is -2.42. The standard InChI is InChI=1S/C18H17Cl2FN4O3/c19-12-1-4-16(17(9-12)25(27)28)24-7-5-23(6-8-24)11-18(26)22-13-2-3-15(21)14(20)10-13/h1-4,9-10H,5-8,11H2,(H,22,26). The number of amides is 1. The van der Waals surface area contributed by atoms with Crippen molar-refractivity contribution in [2.45, 2.75) is 0 Å². The van der Waals surface area contributed by atoms with Gasteiger partial charge in [-0.05, 0) is 30.3 Å². The normalized spacial score (nSPS) is 14.8. The third-order valence-electron chi connectivity index (χ3n) is 4.42. The van der Waals surface area contributed by atoms with Crippen molar-refractivity contribution in [2.24, 2.45) is 0 Å². The number of nitrogens with zero attached hydrogens (tertiary/aromatic N) is 3. The molecule has 1 saturated heterocycles. The number of nitro groups is 1. The van der Waals surface area contributed by atoms with Gasteiger partial charge in [-0.3, -0.25) is 19.8 Å². The maximum Gasteiger partial charge on any atom is 0.294 e. The van der Waals surface area contributed by atoms with Crippen LogP contribution in [0.1, 0.15) is 0 Å². The van der Waals surface area contributed by atoms with Crippen molar-refractivity contribution in [1.82, 2.24) is 4.90 Å². The first-order chi connectivity index (χ1) is 13.3. The van der Waals surface area contributed by atoms with Crippen LogP contribution in [0.3, 0.4) is 0 Å². The van der Waals surface area contributed by atoms with Crippen molar-refractivity contribution in [2.75, 3.05) is 42.9 Å². The molecular weight excluding hydrogens is 410 g/mol. The van der Waals surface area contributed by atoms with Gasteiger partial charge in [-0.2, -0.15) is 0 Å². The summed E-state index contributed by atoms with van der Waals surface area (Å²) in [7, 11) is 0. The highest BCUT2D eigenvalue weighted by Gasteiger charge is 2.24. The van der Waals surface area contributed by atoms with E-state index in [1.54, 1.807) is 12.1 Å². The van der Waals surface area contributed by atoms with Gasteiger partial charge in [-0.15, -0.1) is 0 Å². The Labute approximate surface area is 170 Å². The molecule has 3 rings (SSSR count). The van der Waals surface area contributed by atoms with Crippen LogP contribution < -0.4 is 10.2 Å². The van der Waals surface area contributed by atoms with Crippen LogP contribution in [0.2, 0.25) is 10.0 Å². The van der Waals surface area contributed by atoms with E-state index in [1.165, 1.54) is 24.3 Å². The van der Waals surface area contributed by atoms with Crippen LogP contribution in [0.15, 0.2) is 36.4 Å². The summed E-state index contributed by atoms with van der Waals surface area (Å²) >= 11 is 11.6. The summed E-state index contributed by atoms with van der Waals surface area (Å²) in [6.07, 6.45) is 0. The predicted octanol–water partition coefficient (Wildman–Crippen LogP) is 3.80. The SMILES string of the molecule is O=C(CN1CCN(c2ccc(Cl)cc2[N+](=O)[O-])CC1)Nc1ccc(F)c(Cl)c1. The monoisotopic (exact) mass is 426 g/mol. The molecule has 0 aliphatic carbocycles. The summed E-state index contributed by atoms with van der Waals surface area (Å²) < 4.78 is 13.2. The quantitative estimate of drug-likeness (QED) is 0.580. The minimum absolute atomic E-state index is 0.0353. The highest BCUT2D eigenvalue weighted by atomic mass is 35.5. The number of halogens is 3. The minimum atomic E-state index is -0.549. The fourth-order valence-corrected chi connectivity index (χ4v) is 3.38. The van der Waals surface area contributed by atoms with E-state index in [1.807, 2.05) is 9.80 Å². The first-order valence-corrected chi connectivity index (χ1v) is 9.25. The molecule has 0 atom stereocenters. The number of anilines is 2. The molecule has 0 aromatic heterocycles. The van der Waals surface area contributed by atoms with Gasteiger partial charge in [-0.1, -0.05) is 23.2 Å². The van der Waals surface area contributed by atoms with E-state index >= 15 is 0 Å². The molecule has 1 aliphatic heterocycles. The molecule has 1 fully saturated rings. The molecule has 0 unspecified atom stereocenters. The van der Waals surface area contributed by atoms with E-state index in [4.69, 9.17) is 23.2 Å². The van der Waals surface area contributed by atoms with Crippen molar-refractivity contribution < 1.29 is 14.1 Å². The number of carbonyl (C=O) groups excluding carboxylic acids is 1. The molecule has 2 aromatic carbocycles. The van der Waals surface area contributed by atoms with E-state index in [0.29, 0.717) is 42.6 Å². The topological polar surface area (TPSA) is 78.7 Å². The maximum absolute atomic E-state index is 13.2. The molecule has 148 valence electrons. The van der Waals surface area contributed by atoms with Crippen molar-refractivity contribution in [3.8, 4) is 0 Å². The summed E-state index contributed by atoms with van der Waals surface area (Å²) in [5, 5.41) is 14.2. The van der Waals surface area contributed by atoms with Crippen LogP contribution in [-0.4, -0.2) is 48.5 Å². The van der Waals surface area contributed by atoms with Gasteiger partial charge < -0.3 is 10.2 Å². The fourth-order valence-electron chi connectivity index (χ4n) is 3.03. The molecule has 1 amide bonds. The second-order valence-electron chi connectivity index (χ2n) is 6.33. The molecule has 28 heavy (non-hydrogen) atoms. The first-order valence-electron chi connectivity index (χ1n) is 8.49. The summed E-state index contributed by atoms with van der Waals surface area (Å²) in [5.74, 6) is -0.791. The average Bonchev–Trinajstić information content (AvgIpc) is 2.65. The van der Waals surface area contributed by atoms with E-state index < -0.39 is 10.7 Å². The van der Waals surface area contributed by atoms with Gasteiger partial charge in [0, 0.05) is 43.0 Å². The molecule has 10 heteroatoms. The van der Waals surface area contributed by atoms with Crippen LogP contribution in [-0.2, 0) is 4.79 Å². The maximum atomic E-state index is 13.2. The highest BCUT2D eigenvalue weighted by molar-refractivity contribution is 6.31. The third kappa shape index (κ3) is 4.89. The first kappa shape index (κ1) is 20.3. The number of piperazine rings is 1. The Morgan fingerprint density at radius 3 is 2.50 bits per heavy atom. The summed E-state index contributed by atoms with van der Waals surface area (Å²) in [6.45, 7) is 2.37. The van der Waals surface area contributed by atoms with Gasteiger partial charge in [0.1, 0.15) is 11.5 Å². The Bertz CT molecular complexity index is 904. The second kappa shape index (κ2) is 8.72. The molecule has 0 spiro atoms. The molecule has 1 N–H and O–H groups in total. The lowest BCUT2D eigenvalue weighted by Gasteiger charge is -2.35. The van der Waals surface area contributed by atoms with Crippen molar-refractivity contribution in [3.63, 3.8) is 0 Å². The Morgan fingerprint density at radius 1 is 1.14 bits per heavy atom. The number of hydrogen-bond acceptors (Lipinski definition) is 5. The summed E-state index contributed by atoms with van der Waals surface area (Å²) in [4.78, 5) is 26.9. The minimum Gasteiger partial charge on any atom is -0.363 e. The van der Waals surface area contributed by atoms with Crippen molar-refractivity contribution >= 4 is 46.2 Å². The summed E-state index contributed by atoms with van der Waals surface area (Å²) in [6, 6.07) is 8.59. The van der Waals surface area contributed by atoms with E-state index in [9.17, 15) is 19.3 Å². The number of nitro benzene ring substituents is 1. The van der Waals surface area contributed by atoms with Crippen molar-refractivity contribution in [1.29, 1.82) is 0 Å². The Kier molecular flexibility index (Phi) is 6.33. The zero-order chi connectivity index (χ0) is 20.3. The fraction of sp³-hybridized carbons (Fsp3) is 0.278. The van der Waals surface area contributed by atoms with Gasteiger partial charge in [-0.25, -0.2) is 4.39 Å². The average molecular weight is 427 g/mol. The lowest BCUT2D eigenvalue weighted by molar-refractivity contribution is -0.384. The molecule has 1 aliphatic rings. The molecule has 0 saturated carbocycles. The molecule has 0 bridgehead atoms. The van der Waals surface area contributed by atoms with E-state index in [2.05, 4.69) is 5.32 Å². The van der Waals surface area contributed by atoms with Crippen LogP contribution in [0.25, 0.3) is 0 Å². The summed E-state index contributed by atoms with van der Waals surface area (Å²) in [5.41, 5.74) is 0.901. The highest BCUT2D eigenvalue weighted by Crippen LogP contribution is 2.31. The Balaban J connectivity index is 1.56. The van der Waals surface area contributed by atoms with Crippen LogP contribution in [0.4, 0.5) is 21.5 Å². The molecule has 0 radical (unpaired) electrons. The van der Waals surface area contributed by atoms with Gasteiger partial charge in [0.25, 0.3) is 5.69 Å². The number of benzene rings is 2. The number of hydrogen-bond donors (Lipinski definition) is 1. The lowest BCUT2D eigenvalue weighted by atomic mass is 10.2. The number of nitrogens with one attached hydrogen (secondary N) is 1. The smallest absolute Gasteiger partial charge is 0.294 e. The van der Waals surface area contributed by atoms with E-state index in [-0.39, 0.29) is 23.2 Å². The predicted molar refractivity (Wildman–Crippen MR) is 107 cm³/mol. The van der Waals surface area contributed by atoms with Crippen LogP contribution in [0, 0.1) is 15.9 Å². The second-order valence-corrected chi connectivity index (χ2v) is 7.17. The van der Waals surface area contributed by atoms with Crippen LogP contribution >= 0.6 is 23.2 Å². The van der Waals surface area contributed by atoms with Gasteiger partial charge in [0.05, 0.1) is 16.5 Å². The van der Waals surface area contributed by atoms with Gasteiger partial charge >= 0.3 is 0 Å². The molecule has 7 nitrogen and oxygen atoms in total. The van der Waals surface area contributed by atoms with Gasteiger partial charge in [0.2, 0.25) is 5.91 Å². The number of rotatable bonds is 5. The zero-order valence-corrected chi connectivity index (χ0v) is 16.2. The lowest BCUT2D eigenvalue weighted by Crippen LogP contribution is -2.48. The van der Waals surface area contributed by atoms with Gasteiger partial charge in [0.15, 0.2) is 0 Å². The van der Waals surface area contributed by atoms with Crippen LogP contribution in [0.5, 0.6) is 0 Å². The Morgan fingerprint density at radius 2 is 1.86 bits per heavy atom.